The number of hydrogen-bond acceptors (Lipinski definition) is 4. The smallest absolute Gasteiger partial charge is 0.238 e. The Hall–Kier alpha value is -1.92. The summed E-state index contributed by atoms with van der Waals surface area (Å²) in [6, 6.07) is 5.95. The molecule has 0 atom stereocenters. The largest absolute Gasteiger partial charge is 0.339 e. The summed E-state index contributed by atoms with van der Waals surface area (Å²) in [5.41, 5.74) is 8.38. The first-order chi connectivity index (χ1) is 10.5. The lowest BCUT2D eigenvalue weighted by Crippen LogP contribution is -2.51. The van der Waals surface area contributed by atoms with Crippen LogP contribution in [0.2, 0.25) is 0 Å². The van der Waals surface area contributed by atoms with E-state index in [9.17, 15) is 9.59 Å². The van der Waals surface area contributed by atoms with Gasteiger partial charge in [-0.25, -0.2) is 0 Å². The third-order valence-electron chi connectivity index (χ3n) is 4.01. The molecule has 120 valence electrons. The third-order valence-corrected chi connectivity index (χ3v) is 4.01. The standard InChI is InChI=1S/C16H24N4O2/c1-12-4-3-5-13(2)16(12)18-14(21)11-19-6-8-20(9-7-19)15(22)10-17/h3-5H,6-11,17H2,1-2H3,(H,18,21). The fraction of sp³-hybridized carbons (Fsp3) is 0.500. The fourth-order valence-corrected chi connectivity index (χ4v) is 2.68. The maximum atomic E-state index is 12.2. The van der Waals surface area contributed by atoms with Gasteiger partial charge in [-0.05, 0) is 25.0 Å². The molecule has 0 aromatic heterocycles. The zero-order valence-corrected chi connectivity index (χ0v) is 13.3. The molecular weight excluding hydrogens is 280 g/mol. The van der Waals surface area contributed by atoms with Crippen LogP contribution in [0.3, 0.4) is 0 Å². The Morgan fingerprint density at radius 1 is 1.14 bits per heavy atom. The predicted octanol–water partition coefficient (Wildman–Crippen LogP) is 0.345. The highest BCUT2D eigenvalue weighted by Crippen LogP contribution is 2.19. The highest BCUT2D eigenvalue weighted by atomic mass is 16.2. The molecule has 22 heavy (non-hydrogen) atoms. The van der Waals surface area contributed by atoms with Crippen LogP contribution in [0, 0.1) is 13.8 Å². The van der Waals surface area contributed by atoms with E-state index in [2.05, 4.69) is 10.2 Å². The summed E-state index contributed by atoms with van der Waals surface area (Å²) in [6.07, 6.45) is 0. The van der Waals surface area contributed by atoms with Gasteiger partial charge in [-0.15, -0.1) is 0 Å². The molecule has 6 heteroatoms. The molecule has 1 saturated heterocycles. The summed E-state index contributed by atoms with van der Waals surface area (Å²) in [4.78, 5) is 27.5. The van der Waals surface area contributed by atoms with Crippen molar-refractivity contribution < 1.29 is 9.59 Å². The van der Waals surface area contributed by atoms with Gasteiger partial charge in [0.15, 0.2) is 0 Å². The molecule has 1 aliphatic heterocycles. The second kappa shape index (κ2) is 7.38. The number of benzene rings is 1. The second-order valence-electron chi connectivity index (χ2n) is 5.68. The molecule has 0 saturated carbocycles. The Kier molecular flexibility index (Phi) is 5.51. The normalized spacial score (nSPS) is 15.7. The van der Waals surface area contributed by atoms with Crippen LogP contribution in [0.4, 0.5) is 5.69 Å². The van der Waals surface area contributed by atoms with Crippen molar-refractivity contribution in [1.82, 2.24) is 9.80 Å². The minimum absolute atomic E-state index is 0.0176. The summed E-state index contributed by atoms with van der Waals surface area (Å²) in [5.74, 6) is -0.0457. The lowest BCUT2D eigenvalue weighted by atomic mass is 10.1. The summed E-state index contributed by atoms with van der Waals surface area (Å²) < 4.78 is 0. The highest BCUT2D eigenvalue weighted by Gasteiger charge is 2.21. The first kappa shape index (κ1) is 16.5. The predicted molar refractivity (Wildman–Crippen MR) is 86.6 cm³/mol. The van der Waals surface area contributed by atoms with Crippen molar-refractivity contribution in [2.24, 2.45) is 5.73 Å². The lowest BCUT2D eigenvalue weighted by Gasteiger charge is -2.34. The van der Waals surface area contributed by atoms with E-state index < -0.39 is 0 Å². The number of nitrogens with one attached hydrogen (secondary N) is 1. The van der Waals surface area contributed by atoms with Crippen molar-refractivity contribution in [3.05, 3.63) is 29.3 Å². The molecule has 3 N–H and O–H groups in total. The van der Waals surface area contributed by atoms with E-state index in [0.717, 1.165) is 16.8 Å². The van der Waals surface area contributed by atoms with Crippen molar-refractivity contribution in [2.45, 2.75) is 13.8 Å². The van der Waals surface area contributed by atoms with Crippen LogP contribution in [0.1, 0.15) is 11.1 Å². The number of hydrogen-bond donors (Lipinski definition) is 2. The van der Waals surface area contributed by atoms with Gasteiger partial charge in [-0.3, -0.25) is 14.5 Å². The molecule has 2 rings (SSSR count). The number of nitrogens with two attached hydrogens (primary N) is 1. The molecule has 0 radical (unpaired) electrons. The molecule has 0 bridgehead atoms. The number of piperazine rings is 1. The van der Waals surface area contributed by atoms with Gasteiger partial charge in [0, 0.05) is 31.9 Å². The van der Waals surface area contributed by atoms with Crippen molar-refractivity contribution >= 4 is 17.5 Å². The fourth-order valence-electron chi connectivity index (χ4n) is 2.68. The Morgan fingerprint density at radius 2 is 1.73 bits per heavy atom. The van der Waals surface area contributed by atoms with Crippen molar-refractivity contribution in [2.75, 3.05) is 44.6 Å². The van der Waals surface area contributed by atoms with Gasteiger partial charge >= 0.3 is 0 Å². The van der Waals surface area contributed by atoms with Crippen LogP contribution < -0.4 is 11.1 Å². The van der Waals surface area contributed by atoms with E-state index >= 15 is 0 Å². The van der Waals surface area contributed by atoms with Crippen LogP contribution in [0.5, 0.6) is 0 Å². The van der Waals surface area contributed by atoms with Crippen LogP contribution >= 0.6 is 0 Å². The van der Waals surface area contributed by atoms with Crippen LogP contribution in [-0.2, 0) is 9.59 Å². The minimum atomic E-state index is -0.0281. The maximum Gasteiger partial charge on any atom is 0.238 e. The summed E-state index contributed by atoms with van der Waals surface area (Å²) in [7, 11) is 0. The second-order valence-corrected chi connectivity index (χ2v) is 5.68. The SMILES string of the molecule is Cc1cccc(C)c1NC(=O)CN1CCN(C(=O)CN)CC1. The molecule has 2 amide bonds. The van der Waals surface area contributed by atoms with E-state index in [1.807, 2.05) is 32.0 Å². The van der Waals surface area contributed by atoms with Crippen LogP contribution in [-0.4, -0.2) is 60.9 Å². The first-order valence-electron chi connectivity index (χ1n) is 7.57. The van der Waals surface area contributed by atoms with Gasteiger partial charge in [0.2, 0.25) is 11.8 Å². The molecule has 6 nitrogen and oxygen atoms in total. The number of rotatable bonds is 4. The lowest BCUT2D eigenvalue weighted by molar-refractivity contribution is -0.131. The average molecular weight is 304 g/mol. The molecule has 1 fully saturated rings. The Morgan fingerprint density at radius 3 is 2.27 bits per heavy atom. The van der Waals surface area contributed by atoms with Gasteiger partial charge in [0.1, 0.15) is 0 Å². The number of nitrogens with zero attached hydrogens (tertiary/aromatic N) is 2. The Bertz CT molecular complexity index is 531. The quantitative estimate of drug-likeness (QED) is 0.841. The van der Waals surface area contributed by atoms with Gasteiger partial charge in [-0.2, -0.15) is 0 Å². The Labute approximate surface area is 131 Å². The van der Waals surface area contributed by atoms with Crippen molar-refractivity contribution in [3.8, 4) is 0 Å². The number of aryl methyl sites for hydroxylation is 2. The first-order valence-corrected chi connectivity index (χ1v) is 7.57. The monoisotopic (exact) mass is 304 g/mol. The van der Waals surface area contributed by atoms with Crippen LogP contribution in [0.15, 0.2) is 18.2 Å². The number of carbonyl (C=O) groups excluding carboxylic acids is 2. The number of anilines is 1. The molecule has 0 aliphatic carbocycles. The van der Waals surface area contributed by atoms with Gasteiger partial charge in [-0.1, -0.05) is 18.2 Å². The minimum Gasteiger partial charge on any atom is -0.339 e. The molecule has 1 aliphatic rings. The van der Waals surface area contributed by atoms with Crippen molar-refractivity contribution in [1.29, 1.82) is 0 Å². The third kappa shape index (κ3) is 4.05. The van der Waals surface area contributed by atoms with Gasteiger partial charge in [0.05, 0.1) is 13.1 Å². The summed E-state index contributed by atoms with van der Waals surface area (Å²) >= 11 is 0. The highest BCUT2D eigenvalue weighted by molar-refractivity contribution is 5.93. The maximum absolute atomic E-state index is 12.2. The number of amides is 2. The van der Waals surface area contributed by atoms with Crippen LogP contribution in [0.25, 0.3) is 0 Å². The van der Waals surface area contributed by atoms with E-state index in [1.54, 1.807) is 4.90 Å². The molecule has 1 aromatic carbocycles. The average Bonchev–Trinajstić information content (AvgIpc) is 2.51. The summed E-state index contributed by atoms with van der Waals surface area (Å²) in [6.45, 7) is 7.03. The molecule has 1 aromatic rings. The Balaban J connectivity index is 1.85. The van der Waals surface area contributed by atoms with Gasteiger partial charge < -0.3 is 16.0 Å². The number of para-hydroxylation sites is 1. The molecule has 1 heterocycles. The van der Waals surface area contributed by atoms with E-state index in [0.29, 0.717) is 32.7 Å². The zero-order chi connectivity index (χ0) is 16.1. The molecular formula is C16H24N4O2. The number of carbonyl (C=O) groups is 2. The molecule has 0 unspecified atom stereocenters. The van der Waals surface area contributed by atoms with E-state index in [-0.39, 0.29) is 18.4 Å². The van der Waals surface area contributed by atoms with E-state index in [4.69, 9.17) is 5.73 Å². The topological polar surface area (TPSA) is 78.7 Å². The van der Waals surface area contributed by atoms with Crippen molar-refractivity contribution in [3.63, 3.8) is 0 Å². The van der Waals surface area contributed by atoms with Gasteiger partial charge in [0.25, 0.3) is 0 Å². The van der Waals surface area contributed by atoms with E-state index in [1.165, 1.54) is 0 Å². The zero-order valence-electron chi connectivity index (χ0n) is 13.3. The summed E-state index contributed by atoms with van der Waals surface area (Å²) in [5, 5.41) is 2.99. The molecule has 0 spiro atoms.